The molecule has 0 amide bonds. The Labute approximate surface area is 183 Å². The average Bonchev–Trinajstić information content (AvgIpc) is 2.67. The van der Waals surface area contributed by atoms with E-state index in [1.807, 2.05) is 37.6 Å². The lowest BCUT2D eigenvalue weighted by molar-refractivity contribution is 0.373. The first kappa shape index (κ1) is 21.8. The predicted molar refractivity (Wildman–Crippen MR) is 125 cm³/mol. The molecular weight excluding hydrogens is 473 g/mol. The Morgan fingerprint density at radius 1 is 1.22 bits per heavy atom. The van der Waals surface area contributed by atoms with Crippen molar-refractivity contribution in [1.29, 1.82) is 0 Å². The molecule has 7 heteroatoms. The van der Waals surface area contributed by atoms with Gasteiger partial charge in [-0.05, 0) is 48.7 Å². The molecule has 5 nitrogen and oxygen atoms in total. The summed E-state index contributed by atoms with van der Waals surface area (Å²) in [6, 6.07) is 10.2. The van der Waals surface area contributed by atoms with Crippen molar-refractivity contribution in [2.75, 3.05) is 44.7 Å². The lowest BCUT2D eigenvalue weighted by Gasteiger charge is -2.37. The number of anilines is 1. The highest BCUT2D eigenvalue weighted by Crippen LogP contribution is 2.20. The second-order valence-corrected chi connectivity index (χ2v) is 6.92. The SMILES string of the molecule is CN=C(NCCc1ccncc1C)N1CCN(c2cccc(Cl)c2)CC1.I. The highest BCUT2D eigenvalue weighted by molar-refractivity contribution is 14.0. The summed E-state index contributed by atoms with van der Waals surface area (Å²) in [4.78, 5) is 13.3. The highest BCUT2D eigenvalue weighted by Gasteiger charge is 2.19. The summed E-state index contributed by atoms with van der Waals surface area (Å²) in [5, 5.41) is 4.28. The van der Waals surface area contributed by atoms with Crippen LogP contribution in [0.4, 0.5) is 5.69 Å². The van der Waals surface area contributed by atoms with Crippen molar-refractivity contribution in [3.63, 3.8) is 0 Å². The molecule has 0 unspecified atom stereocenters. The number of aliphatic imine (C=N–C) groups is 1. The number of piperazine rings is 1. The monoisotopic (exact) mass is 499 g/mol. The standard InChI is InChI=1S/C20H26ClN5.HI/c1-16-15-23-8-6-17(16)7-9-24-20(22-2)26-12-10-25(11-13-26)19-5-3-4-18(21)14-19;/h3-6,8,14-15H,7,9-13H2,1-2H3,(H,22,24);1H. The first-order valence-corrected chi connectivity index (χ1v) is 9.41. The Morgan fingerprint density at radius 3 is 2.67 bits per heavy atom. The van der Waals surface area contributed by atoms with E-state index >= 15 is 0 Å². The van der Waals surface area contributed by atoms with Crippen molar-refractivity contribution in [2.24, 2.45) is 4.99 Å². The first-order chi connectivity index (χ1) is 12.7. The van der Waals surface area contributed by atoms with E-state index in [0.29, 0.717) is 0 Å². The Bertz CT molecular complexity index is 760. The van der Waals surface area contributed by atoms with E-state index in [-0.39, 0.29) is 24.0 Å². The lowest BCUT2D eigenvalue weighted by atomic mass is 10.1. The molecule has 1 aliphatic rings. The first-order valence-electron chi connectivity index (χ1n) is 9.03. The molecule has 1 N–H and O–H groups in total. The number of rotatable bonds is 4. The summed E-state index contributed by atoms with van der Waals surface area (Å²) in [6.07, 6.45) is 4.74. The summed E-state index contributed by atoms with van der Waals surface area (Å²) in [7, 11) is 1.85. The Morgan fingerprint density at radius 2 is 2.00 bits per heavy atom. The van der Waals surface area contributed by atoms with Crippen molar-refractivity contribution in [3.05, 3.63) is 58.9 Å². The van der Waals surface area contributed by atoms with Crippen LogP contribution in [0.1, 0.15) is 11.1 Å². The number of pyridine rings is 1. The highest BCUT2D eigenvalue weighted by atomic mass is 127. The molecule has 2 aromatic rings. The molecule has 2 heterocycles. The van der Waals surface area contributed by atoms with Crippen LogP contribution in [-0.2, 0) is 6.42 Å². The molecule has 1 fully saturated rings. The fourth-order valence-electron chi connectivity index (χ4n) is 3.27. The van der Waals surface area contributed by atoms with Crippen molar-refractivity contribution >= 4 is 47.2 Å². The fourth-order valence-corrected chi connectivity index (χ4v) is 3.46. The van der Waals surface area contributed by atoms with E-state index in [1.165, 1.54) is 16.8 Å². The molecule has 0 spiro atoms. The van der Waals surface area contributed by atoms with E-state index in [1.54, 1.807) is 0 Å². The Balaban J connectivity index is 0.00000261. The van der Waals surface area contributed by atoms with E-state index in [4.69, 9.17) is 11.6 Å². The summed E-state index contributed by atoms with van der Waals surface area (Å²) in [5.41, 5.74) is 3.75. The zero-order valence-electron chi connectivity index (χ0n) is 15.9. The number of hydrogen-bond donors (Lipinski definition) is 1. The number of halogens is 2. The van der Waals surface area contributed by atoms with Crippen molar-refractivity contribution in [2.45, 2.75) is 13.3 Å². The quantitative estimate of drug-likeness (QED) is 0.397. The Hall–Kier alpha value is -1.54. The fraction of sp³-hybridized carbons (Fsp3) is 0.400. The van der Waals surface area contributed by atoms with E-state index in [9.17, 15) is 0 Å². The maximum atomic E-state index is 6.11. The number of aryl methyl sites for hydroxylation is 1. The van der Waals surface area contributed by atoms with Crippen LogP contribution in [0.5, 0.6) is 0 Å². The molecule has 1 aromatic heterocycles. The van der Waals surface area contributed by atoms with Crippen LogP contribution in [0.25, 0.3) is 0 Å². The molecule has 0 bridgehead atoms. The molecule has 146 valence electrons. The smallest absolute Gasteiger partial charge is 0.193 e. The van der Waals surface area contributed by atoms with Gasteiger partial charge in [-0.15, -0.1) is 24.0 Å². The van der Waals surface area contributed by atoms with Crippen LogP contribution in [0.3, 0.4) is 0 Å². The predicted octanol–water partition coefficient (Wildman–Crippen LogP) is 3.60. The number of aromatic nitrogens is 1. The number of guanidine groups is 1. The van der Waals surface area contributed by atoms with Crippen LogP contribution < -0.4 is 10.2 Å². The van der Waals surface area contributed by atoms with Crippen molar-refractivity contribution < 1.29 is 0 Å². The molecule has 1 saturated heterocycles. The van der Waals surface area contributed by atoms with Crippen LogP contribution in [0.2, 0.25) is 5.02 Å². The van der Waals surface area contributed by atoms with E-state index < -0.39 is 0 Å². The summed E-state index contributed by atoms with van der Waals surface area (Å²) in [6.45, 7) is 6.79. The van der Waals surface area contributed by atoms with Crippen LogP contribution in [-0.4, -0.2) is 55.6 Å². The van der Waals surface area contributed by atoms with Crippen LogP contribution >= 0.6 is 35.6 Å². The van der Waals surface area contributed by atoms with Gasteiger partial charge in [-0.2, -0.15) is 0 Å². The van der Waals surface area contributed by atoms with Gasteiger partial charge in [0, 0.05) is 62.9 Å². The zero-order valence-corrected chi connectivity index (χ0v) is 18.9. The van der Waals surface area contributed by atoms with E-state index in [2.05, 4.69) is 44.1 Å². The molecule has 1 aliphatic heterocycles. The van der Waals surface area contributed by atoms with Gasteiger partial charge in [-0.25, -0.2) is 0 Å². The topological polar surface area (TPSA) is 43.8 Å². The maximum Gasteiger partial charge on any atom is 0.193 e. The summed E-state index contributed by atoms with van der Waals surface area (Å²) < 4.78 is 0. The van der Waals surface area contributed by atoms with E-state index in [0.717, 1.165) is 50.1 Å². The third-order valence-corrected chi connectivity index (χ3v) is 5.01. The van der Waals surface area contributed by atoms with Crippen LogP contribution in [0, 0.1) is 6.92 Å². The minimum atomic E-state index is 0. The summed E-state index contributed by atoms with van der Waals surface area (Å²) in [5.74, 6) is 0.974. The third kappa shape index (κ3) is 5.97. The van der Waals surface area contributed by atoms with Gasteiger partial charge in [-0.1, -0.05) is 17.7 Å². The van der Waals surface area contributed by atoms with Gasteiger partial charge >= 0.3 is 0 Å². The molecular formula is C20H27ClIN5. The van der Waals surface area contributed by atoms with Gasteiger partial charge < -0.3 is 15.1 Å². The van der Waals surface area contributed by atoms with Gasteiger partial charge in [0.15, 0.2) is 5.96 Å². The molecule has 0 saturated carbocycles. The molecule has 1 aromatic carbocycles. The van der Waals surface area contributed by atoms with Crippen molar-refractivity contribution in [3.8, 4) is 0 Å². The second kappa shape index (κ2) is 10.7. The van der Waals surface area contributed by atoms with Crippen molar-refractivity contribution in [1.82, 2.24) is 15.2 Å². The number of nitrogens with one attached hydrogen (secondary N) is 1. The zero-order chi connectivity index (χ0) is 18.4. The average molecular weight is 500 g/mol. The Kier molecular flexibility index (Phi) is 8.63. The maximum absolute atomic E-state index is 6.11. The van der Waals surface area contributed by atoms with Crippen LogP contribution in [0.15, 0.2) is 47.7 Å². The molecule has 27 heavy (non-hydrogen) atoms. The largest absolute Gasteiger partial charge is 0.368 e. The van der Waals surface area contributed by atoms with Gasteiger partial charge in [0.25, 0.3) is 0 Å². The number of hydrogen-bond acceptors (Lipinski definition) is 3. The minimum Gasteiger partial charge on any atom is -0.368 e. The second-order valence-electron chi connectivity index (χ2n) is 6.48. The molecule has 3 rings (SSSR count). The molecule has 0 aliphatic carbocycles. The van der Waals surface area contributed by atoms with Gasteiger partial charge in [0.1, 0.15) is 0 Å². The third-order valence-electron chi connectivity index (χ3n) is 4.78. The number of nitrogens with zero attached hydrogens (tertiary/aromatic N) is 4. The molecule has 0 atom stereocenters. The van der Waals surface area contributed by atoms with Gasteiger partial charge in [0.2, 0.25) is 0 Å². The van der Waals surface area contributed by atoms with Gasteiger partial charge in [0.05, 0.1) is 0 Å². The number of benzene rings is 1. The van der Waals surface area contributed by atoms with Gasteiger partial charge in [-0.3, -0.25) is 9.98 Å². The summed E-state index contributed by atoms with van der Waals surface area (Å²) >= 11 is 6.11. The molecule has 0 radical (unpaired) electrons. The minimum absolute atomic E-state index is 0. The lowest BCUT2D eigenvalue weighted by Crippen LogP contribution is -2.52. The normalized spacial score (nSPS) is 14.7.